The molecule has 1 nitrogen and oxygen atoms in total. The molecular formula is C17H26ClN. The molecule has 0 spiro atoms. The third-order valence-corrected chi connectivity index (χ3v) is 4.87. The van der Waals surface area contributed by atoms with Gasteiger partial charge in [-0.05, 0) is 36.3 Å². The predicted octanol–water partition coefficient (Wildman–Crippen LogP) is 5.66. The molecule has 1 aliphatic carbocycles. The number of rotatable bonds is 6. The van der Waals surface area contributed by atoms with Crippen molar-refractivity contribution >= 4 is 11.6 Å². The number of unbranched alkanes of at least 4 members (excludes halogenated alkanes) is 2. The number of halogens is 1. The highest BCUT2D eigenvalue weighted by Crippen LogP contribution is 2.31. The van der Waals surface area contributed by atoms with Gasteiger partial charge in [-0.25, -0.2) is 4.98 Å². The zero-order valence-electron chi connectivity index (χ0n) is 12.1. The van der Waals surface area contributed by atoms with Crippen LogP contribution in [0.5, 0.6) is 0 Å². The summed E-state index contributed by atoms with van der Waals surface area (Å²) in [5, 5.41) is 0.684. The second kappa shape index (κ2) is 7.89. The molecule has 1 aromatic heterocycles. The van der Waals surface area contributed by atoms with Crippen LogP contribution in [-0.4, -0.2) is 4.98 Å². The van der Waals surface area contributed by atoms with Crippen LogP contribution in [0.1, 0.15) is 63.9 Å². The largest absolute Gasteiger partial charge is 0.244 e. The van der Waals surface area contributed by atoms with E-state index in [9.17, 15) is 0 Å². The SMILES string of the molecule is CC1CCC(CCCCCc2cccnc2Cl)CC1. The molecule has 0 radical (unpaired) electrons. The third-order valence-electron chi connectivity index (χ3n) is 4.53. The molecule has 19 heavy (non-hydrogen) atoms. The minimum Gasteiger partial charge on any atom is -0.244 e. The zero-order chi connectivity index (χ0) is 13.5. The Morgan fingerprint density at radius 2 is 1.95 bits per heavy atom. The Kier molecular flexibility index (Phi) is 6.16. The van der Waals surface area contributed by atoms with Crippen LogP contribution >= 0.6 is 11.6 Å². The summed E-state index contributed by atoms with van der Waals surface area (Å²) in [6.07, 6.45) is 14.1. The third kappa shape index (κ3) is 5.14. The van der Waals surface area contributed by atoms with E-state index in [1.165, 1.54) is 56.9 Å². The van der Waals surface area contributed by atoms with E-state index in [-0.39, 0.29) is 0 Å². The summed E-state index contributed by atoms with van der Waals surface area (Å²) in [6.45, 7) is 2.40. The number of hydrogen-bond acceptors (Lipinski definition) is 1. The Hall–Kier alpha value is -0.560. The molecule has 0 aromatic carbocycles. The van der Waals surface area contributed by atoms with Crippen LogP contribution in [0.3, 0.4) is 0 Å². The van der Waals surface area contributed by atoms with Crippen molar-refractivity contribution in [3.8, 4) is 0 Å². The van der Waals surface area contributed by atoms with Gasteiger partial charge in [0, 0.05) is 6.20 Å². The maximum Gasteiger partial charge on any atom is 0.132 e. The maximum absolute atomic E-state index is 6.06. The standard InChI is InChI=1S/C17H26ClN/c1-14-9-11-15(12-10-14)6-3-2-4-7-16-8-5-13-19-17(16)18/h5,8,13-15H,2-4,6-7,9-12H2,1H3. The summed E-state index contributed by atoms with van der Waals surface area (Å²) >= 11 is 6.06. The predicted molar refractivity (Wildman–Crippen MR) is 82.5 cm³/mol. The van der Waals surface area contributed by atoms with Crippen molar-refractivity contribution in [2.24, 2.45) is 11.8 Å². The van der Waals surface area contributed by atoms with Crippen molar-refractivity contribution in [3.05, 3.63) is 29.0 Å². The van der Waals surface area contributed by atoms with Gasteiger partial charge in [0.25, 0.3) is 0 Å². The fourth-order valence-electron chi connectivity index (χ4n) is 3.15. The molecule has 0 atom stereocenters. The van der Waals surface area contributed by atoms with Crippen LogP contribution in [0.25, 0.3) is 0 Å². The van der Waals surface area contributed by atoms with Gasteiger partial charge in [0.15, 0.2) is 0 Å². The fourth-order valence-corrected chi connectivity index (χ4v) is 3.36. The van der Waals surface area contributed by atoms with Crippen LogP contribution in [0, 0.1) is 11.8 Å². The van der Waals surface area contributed by atoms with Crippen molar-refractivity contribution < 1.29 is 0 Å². The van der Waals surface area contributed by atoms with E-state index in [1.54, 1.807) is 6.20 Å². The molecule has 0 aliphatic heterocycles. The number of hydrogen-bond donors (Lipinski definition) is 0. The number of aryl methyl sites for hydroxylation is 1. The molecule has 106 valence electrons. The highest BCUT2D eigenvalue weighted by molar-refractivity contribution is 6.30. The second-order valence-electron chi connectivity index (χ2n) is 6.18. The molecule has 0 amide bonds. The minimum atomic E-state index is 0.684. The first-order valence-corrected chi connectivity index (χ1v) is 8.23. The monoisotopic (exact) mass is 279 g/mol. The van der Waals surface area contributed by atoms with Gasteiger partial charge < -0.3 is 0 Å². The van der Waals surface area contributed by atoms with E-state index in [4.69, 9.17) is 11.6 Å². The Labute approximate surface area is 122 Å². The molecule has 1 heterocycles. The molecule has 2 rings (SSSR count). The van der Waals surface area contributed by atoms with Gasteiger partial charge in [0.2, 0.25) is 0 Å². The first-order chi connectivity index (χ1) is 9.25. The molecule has 1 aromatic rings. The van der Waals surface area contributed by atoms with E-state index in [1.807, 2.05) is 6.07 Å². The Balaban J connectivity index is 1.56. The average molecular weight is 280 g/mol. The van der Waals surface area contributed by atoms with Crippen molar-refractivity contribution in [3.63, 3.8) is 0 Å². The van der Waals surface area contributed by atoms with E-state index < -0.39 is 0 Å². The molecule has 0 saturated heterocycles. The summed E-state index contributed by atoms with van der Waals surface area (Å²) in [7, 11) is 0. The molecule has 1 aliphatic rings. The minimum absolute atomic E-state index is 0.684. The lowest BCUT2D eigenvalue weighted by molar-refractivity contribution is 0.271. The van der Waals surface area contributed by atoms with Crippen molar-refractivity contribution in [1.82, 2.24) is 4.98 Å². The smallest absolute Gasteiger partial charge is 0.132 e. The molecule has 2 heteroatoms. The highest BCUT2D eigenvalue weighted by Gasteiger charge is 2.17. The lowest BCUT2D eigenvalue weighted by Crippen LogP contribution is -2.12. The zero-order valence-corrected chi connectivity index (χ0v) is 12.8. The summed E-state index contributed by atoms with van der Waals surface area (Å²) in [4.78, 5) is 4.12. The lowest BCUT2D eigenvalue weighted by Gasteiger charge is -2.26. The van der Waals surface area contributed by atoms with Crippen LogP contribution in [0.15, 0.2) is 18.3 Å². The normalized spacial score (nSPS) is 23.5. The molecule has 1 saturated carbocycles. The Morgan fingerprint density at radius 3 is 2.68 bits per heavy atom. The molecule has 0 N–H and O–H groups in total. The number of nitrogens with zero attached hydrogens (tertiary/aromatic N) is 1. The molecule has 1 fully saturated rings. The van der Waals surface area contributed by atoms with Crippen molar-refractivity contribution in [2.75, 3.05) is 0 Å². The van der Waals surface area contributed by atoms with E-state index in [2.05, 4.69) is 18.0 Å². The fraction of sp³-hybridized carbons (Fsp3) is 0.706. The van der Waals surface area contributed by atoms with Crippen molar-refractivity contribution in [2.45, 2.75) is 64.7 Å². The van der Waals surface area contributed by atoms with Crippen LogP contribution < -0.4 is 0 Å². The molecule has 0 unspecified atom stereocenters. The van der Waals surface area contributed by atoms with Gasteiger partial charge in [-0.2, -0.15) is 0 Å². The maximum atomic E-state index is 6.06. The lowest BCUT2D eigenvalue weighted by atomic mass is 9.80. The molecular weight excluding hydrogens is 254 g/mol. The van der Waals surface area contributed by atoms with E-state index >= 15 is 0 Å². The average Bonchev–Trinajstić information content (AvgIpc) is 2.42. The van der Waals surface area contributed by atoms with E-state index in [0.29, 0.717) is 5.15 Å². The second-order valence-corrected chi connectivity index (χ2v) is 6.54. The summed E-state index contributed by atoms with van der Waals surface area (Å²) in [6, 6.07) is 4.07. The van der Waals surface area contributed by atoms with Gasteiger partial charge in [-0.3, -0.25) is 0 Å². The van der Waals surface area contributed by atoms with Gasteiger partial charge >= 0.3 is 0 Å². The van der Waals surface area contributed by atoms with Crippen molar-refractivity contribution in [1.29, 1.82) is 0 Å². The van der Waals surface area contributed by atoms with Crippen LogP contribution in [-0.2, 0) is 6.42 Å². The van der Waals surface area contributed by atoms with E-state index in [0.717, 1.165) is 18.3 Å². The molecule has 0 bridgehead atoms. The van der Waals surface area contributed by atoms with Gasteiger partial charge in [0.1, 0.15) is 5.15 Å². The summed E-state index contributed by atoms with van der Waals surface area (Å²) in [5.41, 5.74) is 1.20. The quantitative estimate of drug-likeness (QED) is 0.483. The first-order valence-electron chi connectivity index (χ1n) is 7.85. The van der Waals surface area contributed by atoms with Gasteiger partial charge in [-0.1, -0.05) is 69.5 Å². The Morgan fingerprint density at radius 1 is 1.16 bits per heavy atom. The van der Waals surface area contributed by atoms with Gasteiger partial charge in [-0.15, -0.1) is 0 Å². The van der Waals surface area contributed by atoms with Crippen LogP contribution in [0.4, 0.5) is 0 Å². The summed E-state index contributed by atoms with van der Waals surface area (Å²) < 4.78 is 0. The number of pyridine rings is 1. The van der Waals surface area contributed by atoms with Gasteiger partial charge in [0.05, 0.1) is 0 Å². The Bertz CT molecular complexity index is 369. The highest BCUT2D eigenvalue weighted by atomic mass is 35.5. The topological polar surface area (TPSA) is 12.9 Å². The van der Waals surface area contributed by atoms with Crippen LogP contribution in [0.2, 0.25) is 5.15 Å². The first kappa shape index (κ1) is 14.8. The summed E-state index contributed by atoms with van der Waals surface area (Å²) in [5.74, 6) is 1.99. The number of aromatic nitrogens is 1.